The first-order chi connectivity index (χ1) is 26.7. The minimum absolute atomic E-state index is 0.0934. The Labute approximate surface area is 314 Å². The van der Waals surface area contributed by atoms with Gasteiger partial charge in [-0.15, -0.1) is 0 Å². The van der Waals surface area contributed by atoms with Crippen molar-refractivity contribution in [3.63, 3.8) is 0 Å². The highest BCUT2D eigenvalue weighted by atomic mass is 15.0. The zero-order valence-corrected chi connectivity index (χ0v) is 29.8. The van der Waals surface area contributed by atoms with Gasteiger partial charge in [0.25, 0.3) is 0 Å². The summed E-state index contributed by atoms with van der Waals surface area (Å²) in [5.74, 6) is 1.95. The molecule has 256 valence electrons. The lowest BCUT2D eigenvalue weighted by molar-refractivity contribution is 0.550. The molecule has 0 radical (unpaired) electrons. The van der Waals surface area contributed by atoms with Gasteiger partial charge in [0.15, 0.2) is 17.5 Å². The predicted molar refractivity (Wildman–Crippen MR) is 221 cm³/mol. The number of aromatic nitrogens is 4. The van der Waals surface area contributed by atoms with Crippen molar-refractivity contribution in [2.24, 2.45) is 0 Å². The van der Waals surface area contributed by atoms with E-state index in [-0.39, 0.29) is 5.41 Å². The van der Waals surface area contributed by atoms with Crippen molar-refractivity contribution >= 4 is 21.8 Å². The van der Waals surface area contributed by atoms with Gasteiger partial charge >= 0.3 is 0 Å². The zero-order valence-electron chi connectivity index (χ0n) is 29.8. The van der Waals surface area contributed by atoms with Crippen LogP contribution in [0, 0.1) is 0 Å². The van der Waals surface area contributed by atoms with Crippen LogP contribution in [0.25, 0.3) is 83.9 Å². The summed E-state index contributed by atoms with van der Waals surface area (Å²) in [6, 6.07) is 60.8. The van der Waals surface area contributed by atoms with Crippen LogP contribution in [-0.2, 0) is 5.41 Å². The third-order valence-corrected chi connectivity index (χ3v) is 11.8. The first kappa shape index (κ1) is 30.9. The fourth-order valence-corrected chi connectivity index (χ4v) is 9.31. The quantitative estimate of drug-likeness (QED) is 0.180. The number of para-hydroxylation sites is 1. The molecule has 2 aliphatic rings. The maximum atomic E-state index is 5.17. The lowest BCUT2D eigenvalue weighted by atomic mass is 9.76. The van der Waals surface area contributed by atoms with Crippen molar-refractivity contribution in [3.8, 4) is 62.1 Å². The number of hydrogen-bond acceptors (Lipinski definition) is 3. The summed E-state index contributed by atoms with van der Waals surface area (Å²) in [6.07, 6.45) is 4.95. The van der Waals surface area contributed by atoms with Crippen molar-refractivity contribution in [2.75, 3.05) is 0 Å². The van der Waals surface area contributed by atoms with E-state index in [2.05, 4.69) is 150 Å². The average Bonchev–Trinajstić information content (AvgIpc) is 3.94. The van der Waals surface area contributed by atoms with Crippen LogP contribution in [0.15, 0.2) is 170 Å². The molecule has 9 aromatic rings. The minimum atomic E-state index is 0.0934. The van der Waals surface area contributed by atoms with E-state index >= 15 is 0 Å². The van der Waals surface area contributed by atoms with Crippen LogP contribution in [0.2, 0.25) is 0 Å². The Morgan fingerprint density at radius 1 is 0.389 bits per heavy atom. The summed E-state index contributed by atoms with van der Waals surface area (Å²) < 4.78 is 2.45. The van der Waals surface area contributed by atoms with E-state index in [4.69, 9.17) is 15.0 Å². The van der Waals surface area contributed by atoms with Crippen LogP contribution in [0.4, 0.5) is 0 Å². The van der Waals surface area contributed by atoms with Crippen LogP contribution in [0.3, 0.4) is 0 Å². The van der Waals surface area contributed by atoms with Crippen molar-refractivity contribution in [2.45, 2.75) is 31.1 Å². The Balaban J connectivity index is 1.10. The molecule has 0 unspecified atom stereocenters. The molecule has 4 heteroatoms. The summed E-state index contributed by atoms with van der Waals surface area (Å²) >= 11 is 0. The smallest absolute Gasteiger partial charge is 0.164 e. The third kappa shape index (κ3) is 4.80. The maximum absolute atomic E-state index is 5.17. The number of nitrogens with zero attached hydrogens (tertiary/aromatic N) is 4. The molecule has 4 nitrogen and oxygen atoms in total. The van der Waals surface area contributed by atoms with E-state index in [0.29, 0.717) is 17.5 Å². The molecule has 1 saturated carbocycles. The Morgan fingerprint density at radius 2 is 0.981 bits per heavy atom. The van der Waals surface area contributed by atoms with E-state index in [9.17, 15) is 0 Å². The van der Waals surface area contributed by atoms with Crippen molar-refractivity contribution in [1.29, 1.82) is 0 Å². The molecular weight excluding hydrogens is 657 g/mol. The number of fused-ring (bicyclic) bond motifs is 8. The fourth-order valence-electron chi connectivity index (χ4n) is 9.31. The Hall–Kier alpha value is -6.65. The number of rotatable bonds is 5. The van der Waals surface area contributed by atoms with Crippen molar-refractivity contribution in [3.05, 3.63) is 181 Å². The van der Waals surface area contributed by atoms with E-state index in [1.807, 2.05) is 24.3 Å². The highest BCUT2D eigenvalue weighted by molar-refractivity contribution is 6.11. The van der Waals surface area contributed by atoms with Crippen LogP contribution < -0.4 is 0 Å². The van der Waals surface area contributed by atoms with Crippen LogP contribution >= 0.6 is 0 Å². The molecule has 2 aliphatic carbocycles. The largest absolute Gasteiger partial charge is 0.309 e. The first-order valence-electron chi connectivity index (χ1n) is 19.0. The van der Waals surface area contributed by atoms with Gasteiger partial charge in [0.05, 0.1) is 11.0 Å². The van der Waals surface area contributed by atoms with E-state index in [1.54, 1.807) is 0 Å². The maximum Gasteiger partial charge on any atom is 0.164 e. The molecule has 7 aromatic carbocycles. The van der Waals surface area contributed by atoms with Gasteiger partial charge in [-0.3, -0.25) is 0 Å². The van der Waals surface area contributed by atoms with Gasteiger partial charge < -0.3 is 4.57 Å². The van der Waals surface area contributed by atoms with Gasteiger partial charge in [0, 0.05) is 38.6 Å². The fraction of sp³-hybridized carbons (Fsp3) is 0.100. The highest BCUT2D eigenvalue weighted by Gasteiger charge is 2.45. The lowest BCUT2D eigenvalue weighted by Gasteiger charge is -2.26. The molecule has 0 atom stereocenters. The van der Waals surface area contributed by atoms with Gasteiger partial charge in [-0.1, -0.05) is 146 Å². The predicted octanol–water partition coefficient (Wildman–Crippen LogP) is 12.5. The Kier molecular flexibility index (Phi) is 6.99. The molecule has 0 amide bonds. The van der Waals surface area contributed by atoms with Gasteiger partial charge in [-0.05, 0) is 82.6 Å². The average molecular weight is 693 g/mol. The monoisotopic (exact) mass is 692 g/mol. The topological polar surface area (TPSA) is 43.6 Å². The van der Waals surface area contributed by atoms with Crippen LogP contribution in [-0.4, -0.2) is 19.5 Å². The van der Waals surface area contributed by atoms with Crippen LogP contribution in [0.5, 0.6) is 0 Å². The van der Waals surface area contributed by atoms with Gasteiger partial charge in [-0.2, -0.15) is 0 Å². The van der Waals surface area contributed by atoms with E-state index in [1.165, 1.54) is 69.7 Å². The Morgan fingerprint density at radius 3 is 1.76 bits per heavy atom. The normalized spacial score (nSPS) is 14.1. The second kappa shape index (κ2) is 12.2. The minimum Gasteiger partial charge on any atom is -0.309 e. The summed E-state index contributed by atoms with van der Waals surface area (Å²) in [7, 11) is 0. The molecule has 0 N–H and O–H groups in total. The van der Waals surface area contributed by atoms with Gasteiger partial charge in [0.1, 0.15) is 0 Å². The van der Waals surface area contributed by atoms with Crippen molar-refractivity contribution in [1.82, 2.24) is 19.5 Å². The molecule has 54 heavy (non-hydrogen) atoms. The molecule has 0 saturated heterocycles. The zero-order chi connectivity index (χ0) is 35.6. The standard InChI is InChI=1S/C50H36N4/c1-3-15-33(16-4-1)35-19-13-20-36(29-35)48-51-47(34-17-5-2-6-18-34)52-49(53-48)37-21-14-22-38(30-37)54-45-26-10-8-24-40(45)42-31-41-39-23-7-9-25-43(39)50(27-11-12-28-50)44(41)32-46(42)54/h1-10,13-26,29-32H,11-12,27-28H2. The molecule has 2 heterocycles. The summed E-state index contributed by atoms with van der Waals surface area (Å²) in [5.41, 5.74) is 14.6. The van der Waals surface area contributed by atoms with Crippen molar-refractivity contribution < 1.29 is 0 Å². The van der Waals surface area contributed by atoms with E-state index in [0.717, 1.165) is 33.5 Å². The molecule has 2 aromatic heterocycles. The highest BCUT2D eigenvalue weighted by Crippen LogP contribution is 2.58. The molecule has 11 rings (SSSR count). The third-order valence-electron chi connectivity index (χ3n) is 11.8. The van der Waals surface area contributed by atoms with Crippen LogP contribution in [0.1, 0.15) is 36.8 Å². The molecular formula is C50H36N4. The summed E-state index contributed by atoms with van der Waals surface area (Å²) in [6.45, 7) is 0. The molecule has 0 bridgehead atoms. The molecule has 0 aliphatic heterocycles. The Bertz CT molecular complexity index is 2880. The molecule has 1 fully saturated rings. The SMILES string of the molecule is c1ccc(-c2cccc(-c3nc(-c4ccccc4)nc(-c4cccc(-n5c6ccccc6c6cc7c(cc65)C5(CCCC5)c5ccccc5-7)c4)n3)c2)cc1. The van der Waals surface area contributed by atoms with Gasteiger partial charge in [-0.25, -0.2) is 15.0 Å². The second-order valence-corrected chi connectivity index (χ2v) is 14.8. The molecule has 1 spiro atoms. The number of hydrogen-bond donors (Lipinski definition) is 0. The lowest BCUT2D eigenvalue weighted by Crippen LogP contribution is -2.20. The number of benzene rings is 7. The first-order valence-corrected chi connectivity index (χ1v) is 19.0. The van der Waals surface area contributed by atoms with Gasteiger partial charge in [0.2, 0.25) is 0 Å². The van der Waals surface area contributed by atoms with E-state index < -0.39 is 0 Å². The summed E-state index contributed by atoms with van der Waals surface area (Å²) in [5, 5.41) is 2.55. The summed E-state index contributed by atoms with van der Waals surface area (Å²) in [4.78, 5) is 15.3. The second-order valence-electron chi connectivity index (χ2n) is 14.8.